The number of carbonyl (C=O) groups excluding carboxylic acids is 1. The van der Waals surface area contributed by atoms with Crippen LogP contribution in [-0.2, 0) is 17.8 Å². The molecule has 0 radical (unpaired) electrons. The predicted molar refractivity (Wildman–Crippen MR) is 73.4 cm³/mol. The van der Waals surface area contributed by atoms with Gasteiger partial charge in [0.1, 0.15) is 6.07 Å². The van der Waals surface area contributed by atoms with E-state index < -0.39 is 0 Å². The Bertz CT molecular complexity index is 553. The number of aliphatic imine (C=N–C) groups is 1. The summed E-state index contributed by atoms with van der Waals surface area (Å²) in [6.07, 6.45) is 1.06. The van der Waals surface area contributed by atoms with Gasteiger partial charge in [-0.05, 0) is 12.0 Å². The number of thiophene rings is 1. The molecule has 1 aromatic rings. The molecule has 100 valence electrons. The lowest BCUT2D eigenvalue weighted by Crippen LogP contribution is -2.36. The Balaban J connectivity index is 1.96. The van der Waals surface area contributed by atoms with Crippen LogP contribution in [0.15, 0.2) is 10.4 Å². The summed E-state index contributed by atoms with van der Waals surface area (Å²) in [5.41, 5.74) is 12.3. The van der Waals surface area contributed by atoms with Crippen LogP contribution < -0.4 is 11.5 Å². The van der Waals surface area contributed by atoms with Crippen molar-refractivity contribution in [2.24, 2.45) is 16.5 Å². The van der Waals surface area contributed by atoms with Crippen LogP contribution in [-0.4, -0.2) is 29.9 Å². The Labute approximate surface area is 115 Å². The zero-order valence-electron chi connectivity index (χ0n) is 10.4. The summed E-state index contributed by atoms with van der Waals surface area (Å²) in [6.45, 7) is 1.56. The zero-order valence-corrected chi connectivity index (χ0v) is 11.2. The van der Waals surface area contributed by atoms with Gasteiger partial charge in [0, 0.05) is 23.2 Å². The van der Waals surface area contributed by atoms with Crippen molar-refractivity contribution in [3.8, 4) is 6.07 Å². The number of hydrogen-bond donors (Lipinski definition) is 2. The van der Waals surface area contributed by atoms with E-state index in [9.17, 15) is 4.79 Å². The first-order valence-electron chi connectivity index (χ1n) is 5.94. The highest BCUT2D eigenvalue weighted by Crippen LogP contribution is 2.28. The minimum Gasteiger partial charge on any atom is -0.370 e. The lowest BCUT2D eigenvalue weighted by molar-refractivity contribution is -0.131. The molecule has 4 N–H and O–H groups in total. The third kappa shape index (κ3) is 3.03. The molecule has 0 saturated carbocycles. The smallest absolute Gasteiger partial charge is 0.224 e. The molecule has 2 heterocycles. The van der Waals surface area contributed by atoms with Crippen molar-refractivity contribution in [2.45, 2.75) is 19.4 Å². The van der Waals surface area contributed by atoms with E-state index in [1.165, 1.54) is 0 Å². The van der Waals surface area contributed by atoms with Gasteiger partial charge in [-0.1, -0.05) is 0 Å². The third-order valence-corrected chi connectivity index (χ3v) is 4.05. The minimum atomic E-state index is 0.00523. The fourth-order valence-corrected chi connectivity index (χ4v) is 3.11. The van der Waals surface area contributed by atoms with Crippen LogP contribution in [0, 0.1) is 11.3 Å². The summed E-state index contributed by atoms with van der Waals surface area (Å²) in [4.78, 5) is 18.7. The van der Waals surface area contributed by atoms with E-state index in [1.54, 1.807) is 16.2 Å². The maximum Gasteiger partial charge on any atom is 0.224 e. The molecule has 0 saturated heterocycles. The molecule has 7 heteroatoms. The lowest BCUT2D eigenvalue weighted by Gasteiger charge is -2.27. The van der Waals surface area contributed by atoms with Crippen molar-refractivity contribution in [2.75, 3.05) is 13.1 Å². The molecule has 6 nitrogen and oxygen atoms in total. The molecule has 0 bridgehead atoms. The molecule has 19 heavy (non-hydrogen) atoms. The van der Waals surface area contributed by atoms with E-state index >= 15 is 0 Å². The second-order valence-electron chi connectivity index (χ2n) is 4.28. The SMILES string of the molecule is N#Cc1csc2c1CCN(C(=O)CCN=C(N)N)C2. The number of fused-ring (bicyclic) bond motifs is 1. The molecule has 1 aliphatic heterocycles. The van der Waals surface area contributed by atoms with Crippen molar-refractivity contribution in [3.63, 3.8) is 0 Å². The molecule has 0 spiro atoms. The number of nitriles is 1. The Hall–Kier alpha value is -2.07. The van der Waals surface area contributed by atoms with Crippen molar-refractivity contribution < 1.29 is 4.79 Å². The summed E-state index contributed by atoms with van der Waals surface area (Å²) >= 11 is 1.54. The number of nitrogens with two attached hydrogens (primary N) is 2. The summed E-state index contributed by atoms with van der Waals surface area (Å²) < 4.78 is 0. The second kappa shape index (κ2) is 5.71. The van der Waals surface area contributed by atoms with Crippen LogP contribution in [0.25, 0.3) is 0 Å². The number of rotatable bonds is 3. The van der Waals surface area contributed by atoms with E-state index in [0.29, 0.717) is 26.1 Å². The maximum atomic E-state index is 12.0. The Morgan fingerprint density at radius 2 is 2.37 bits per heavy atom. The predicted octanol–water partition coefficient (Wildman–Crippen LogP) is 0.168. The summed E-state index contributed by atoms with van der Waals surface area (Å²) in [5, 5.41) is 10.8. The number of nitrogens with zero attached hydrogens (tertiary/aromatic N) is 3. The molecule has 0 unspecified atom stereocenters. The van der Waals surface area contributed by atoms with Gasteiger partial charge >= 0.3 is 0 Å². The number of guanidine groups is 1. The van der Waals surface area contributed by atoms with E-state index in [0.717, 1.165) is 22.4 Å². The van der Waals surface area contributed by atoms with Crippen molar-refractivity contribution in [1.82, 2.24) is 4.90 Å². The Kier molecular flexibility index (Phi) is 4.02. The lowest BCUT2D eigenvalue weighted by atomic mass is 10.0. The Morgan fingerprint density at radius 3 is 3.05 bits per heavy atom. The molecule has 1 aliphatic rings. The van der Waals surface area contributed by atoms with Crippen molar-refractivity contribution >= 4 is 23.2 Å². The first-order valence-corrected chi connectivity index (χ1v) is 6.82. The summed E-state index contributed by atoms with van der Waals surface area (Å²) in [7, 11) is 0. The number of hydrogen-bond acceptors (Lipinski definition) is 4. The number of amides is 1. The summed E-state index contributed by atoms with van der Waals surface area (Å²) in [5.74, 6) is 0.0493. The monoisotopic (exact) mass is 277 g/mol. The molecular weight excluding hydrogens is 262 g/mol. The third-order valence-electron chi connectivity index (χ3n) is 3.04. The Morgan fingerprint density at radius 1 is 1.58 bits per heavy atom. The standard InChI is InChI=1S/C12H15N5OS/c13-5-8-7-19-10-6-17(4-2-9(8)10)11(18)1-3-16-12(14)15/h7H,1-4,6H2,(H4,14,15,16). The van der Waals surface area contributed by atoms with Gasteiger partial charge in [-0.2, -0.15) is 5.26 Å². The molecular formula is C12H15N5OS. The average Bonchev–Trinajstić information content (AvgIpc) is 2.80. The first-order chi connectivity index (χ1) is 9.11. The fourth-order valence-electron chi connectivity index (χ4n) is 2.07. The zero-order chi connectivity index (χ0) is 13.8. The molecule has 0 aliphatic carbocycles. The van der Waals surface area contributed by atoms with Gasteiger partial charge in [0.25, 0.3) is 0 Å². The highest BCUT2D eigenvalue weighted by Gasteiger charge is 2.23. The van der Waals surface area contributed by atoms with Gasteiger partial charge in [-0.25, -0.2) is 0 Å². The fraction of sp³-hybridized carbons (Fsp3) is 0.417. The summed E-state index contributed by atoms with van der Waals surface area (Å²) in [6, 6.07) is 2.19. The topological polar surface area (TPSA) is 108 Å². The highest BCUT2D eigenvalue weighted by molar-refractivity contribution is 7.10. The van der Waals surface area contributed by atoms with Crippen molar-refractivity contribution in [1.29, 1.82) is 5.26 Å². The van der Waals surface area contributed by atoms with Crippen LogP contribution in [0.2, 0.25) is 0 Å². The minimum absolute atomic E-state index is 0.00523. The quantitative estimate of drug-likeness (QED) is 0.606. The van der Waals surface area contributed by atoms with E-state index in [-0.39, 0.29) is 11.9 Å². The van der Waals surface area contributed by atoms with Gasteiger partial charge in [-0.3, -0.25) is 9.79 Å². The molecule has 1 amide bonds. The molecule has 0 aromatic carbocycles. The van der Waals surface area contributed by atoms with Crippen LogP contribution in [0.5, 0.6) is 0 Å². The van der Waals surface area contributed by atoms with Gasteiger partial charge in [-0.15, -0.1) is 11.3 Å². The largest absolute Gasteiger partial charge is 0.370 e. The second-order valence-corrected chi connectivity index (χ2v) is 5.25. The average molecular weight is 277 g/mol. The van der Waals surface area contributed by atoms with Crippen LogP contribution in [0.1, 0.15) is 22.4 Å². The first kappa shape index (κ1) is 13.4. The van der Waals surface area contributed by atoms with Gasteiger partial charge < -0.3 is 16.4 Å². The van der Waals surface area contributed by atoms with Gasteiger partial charge in [0.2, 0.25) is 5.91 Å². The van der Waals surface area contributed by atoms with E-state index in [1.807, 2.05) is 5.38 Å². The van der Waals surface area contributed by atoms with Crippen molar-refractivity contribution in [3.05, 3.63) is 21.4 Å². The molecule has 0 atom stereocenters. The van der Waals surface area contributed by atoms with Crippen LogP contribution in [0.4, 0.5) is 0 Å². The van der Waals surface area contributed by atoms with Crippen LogP contribution in [0.3, 0.4) is 0 Å². The molecule has 0 fully saturated rings. The van der Waals surface area contributed by atoms with E-state index in [2.05, 4.69) is 11.1 Å². The maximum absolute atomic E-state index is 12.0. The van der Waals surface area contributed by atoms with Crippen LogP contribution >= 0.6 is 11.3 Å². The normalized spacial score (nSPS) is 13.5. The van der Waals surface area contributed by atoms with Gasteiger partial charge in [0.15, 0.2) is 5.96 Å². The molecule has 1 aromatic heterocycles. The number of carbonyl (C=O) groups is 1. The highest BCUT2D eigenvalue weighted by atomic mass is 32.1. The van der Waals surface area contributed by atoms with Gasteiger partial charge in [0.05, 0.1) is 18.7 Å². The van der Waals surface area contributed by atoms with E-state index in [4.69, 9.17) is 16.7 Å². The molecule has 2 rings (SSSR count).